The molecule has 6 heteroatoms. The van der Waals surface area contributed by atoms with Crippen molar-refractivity contribution in [3.8, 4) is 0 Å². The monoisotopic (exact) mass is 383 g/mol. The van der Waals surface area contributed by atoms with E-state index in [1.165, 1.54) is 0 Å². The molecule has 150 valence electrons. The van der Waals surface area contributed by atoms with Gasteiger partial charge in [0.05, 0.1) is 6.04 Å². The molecule has 28 heavy (non-hydrogen) atoms. The highest BCUT2D eigenvalue weighted by atomic mass is 16.6. The highest BCUT2D eigenvalue weighted by molar-refractivity contribution is 5.96. The van der Waals surface area contributed by atoms with Crippen LogP contribution in [0.25, 0.3) is 0 Å². The molecule has 0 bridgehead atoms. The molecule has 0 unspecified atom stereocenters. The van der Waals surface area contributed by atoms with Crippen LogP contribution in [0.4, 0.5) is 10.5 Å². The van der Waals surface area contributed by atoms with Crippen LogP contribution in [0.15, 0.2) is 54.6 Å². The average molecular weight is 383 g/mol. The average Bonchev–Trinajstić information content (AvgIpc) is 2.61. The number of hydrogen-bond donors (Lipinski definition) is 2. The summed E-state index contributed by atoms with van der Waals surface area (Å²) in [4.78, 5) is 26.6. The van der Waals surface area contributed by atoms with Gasteiger partial charge in [0.25, 0.3) is 5.91 Å². The van der Waals surface area contributed by atoms with Gasteiger partial charge in [-0.15, -0.1) is 0 Å². The molecule has 0 saturated carbocycles. The predicted molar refractivity (Wildman–Crippen MR) is 112 cm³/mol. The van der Waals surface area contributed by atoms with Crippen LogP contribution in [-0.2, 0) is 4.74 Å². The zero-order valence-corrected chi connectivity index (χ0v) is 17.2. The van der Waals surface area contributed by atoms with Crippen LogP contribution in [0, 0.1) is 0 Å². The number of hydrogen-bond acceptors (Lipinski definition) is 4. The summed E-state index contributed by atoms with van der Waals surface area (Å²) in [6, 6.07) is 16.9. The molecular weight excluding hydrogens is 354 g/mol. The van der Waals surface area contributed by atoms with Gasteiger partial charge < -0.3 is 15.0 Å². The number of likely N-dealkylation sites (N-methyl/N-ethyl adjacent to an activating group) is 1. The molecule has 2 aromatic carbocycles. The minimum atomic E-state index is -0.586. The Kier molecular flexibility index (Phi) is 7.18. The van der Waals surface area contributed by atoms with E-state index in [9.17, 15) is 9.59 Å². The number of anilines is 1. The summed E-state index contributed by atoms with van der Waals surface area (Å²) < 4.78 is 5.24. The van der Waals surface area contributed by atoms with Crippen LogP contribution in [0.1, 0.15) is 42.7 Å². The Morgan fingerprint density at radius 3 is 2.32 bits per heavy atom. The summed E-state index contributed by atoms with van der Waals surface area (Å²) >= 11 is 0. The maximum absolute atomic E-state index is 12.6. The van der Waals surface area contributed by atoms with Crippen molar-refractivity contribution in [1.82, 2.24) is 10.2 Å². The number of nitrogens with zero attached hydrogens (tertiary/aromatic N) is 1. The van der Waals surface area contributed by atoms with Crippen molar-refractivity contribution in [3.05, 3.63) is 65.7 Å². The van der Waals surface area contributed by atoms with Crippen LogP contribution in [0.3, 0.4) is 0 Å². The number of carbonyl (C=O) groups is 2. The second-order valence-electron chi connectivity index (χ2n) is 7.81. The van der Waals surface area contributed by atoms with Gasteiger partial charge in [0, 0.05) is 17.8 Å². The third kappa shape index (κ3) is 6.70. The SMILES string of the molecule is CN(C)[C@H](CNC(=O)c1cccc(NC(=O)OC(C)(C)C)c1)c1ccccc1. The van der Waals surface area contributed by atoms with E-state index in [1.54, 1.807) is 45.0 Å². The molecule has 0 saturated heterocycles. The summed E-state index contributed by atoms with van der Waals surface area (Å²) in [5.74, 6) is -0.199. The van der Waals surface area contributed by atoms with Crippen LogP contribution in [-0.4, -0.2) is 43.1 Å². The summed E-state index contributed by atoms with van der Waals surface area (Å²) in [6.45, 7) is 5.86. The van der Waals surface area contributed by atoms with Crippen LogP contribution < -0.4 is 10.6 Å². The van der Waals surface area contributed by atoms with Gasteiger partial charge >= 0.3 is 6.09 Å². The topological polar surface area (TPSA) is 70.7 Å². The number of amides is 2. The molecule has 0 aromatic heterocycles. The summed E-state index contributed by atoms with van der Waals surface area (Å²) in [7, 11) is 3.96. The van der Waals surface area contributed by atoms with E-state index in [0.717, 1.165) is 5.56 Å². The van der Waals surface area contributed by atoms with E-state index >= 15 is 0 Å². The number of ether oxygens (including phenoxy) is 1. The molecule has 2 rings (SSSR count). The molecule has 6 nitrogen and oxygen atoms in total. The number of rotatable bonds is 6. The molecule has 2 N–H and O–H groups in total. The Morgan fingerprint density at radius 2 is 1.71 bits per heavy atom. The highest BCUT2D eigenvalue weighted by Crippen LogP contribution is 2.18. The van der Waals surface area contributed by atoms with Crippen LogP contribution >= 0.6 is 0 Å². The zero-order valence-electron chi connectivity index (χ0n) is 17.2. The number of carbonyl (C=O) groups excluding carboxylic acids is 2. The van der Waals surface area contributed by atoms with E-state index in [1.807, 2.05) is 44.4 Å². The largest absolute Gasteiger partial charge is 0.444 e. The van der Waals surface area contributed by atoms with Crippen LogP contribution in [0.2, 0.25) is 0 Å². The second-order valence-corrected chi connectivity index (χ2v) is 7.81. The molecule has 2 amide bonds. The van der Waals surface area contributed by atoms with Crippen LogP contribution in [0.5, 0.6) is 0 Å². The minimum Gasteiger partial charge on any atom is -0.444 e. The van der Waals surface area contributed by atoms with Crippen molar-refractivity contribution in [2.24, 2.45) is 0 Å². The lowest BCUT2D eigenvalue weighted by atomic mass is 10.1. The van der Waals surface area contributed by atoms with Crippen molar-refractivity contribution in [3.63, 3.8) is 0 Å². The first kappa shape index (κ1) is 21.4. The van der Waals surface area contributed by atoms with Gasteiger partial charge in [-0.2, -0.15) is 0 Å². The van der Waals surface area contributed by atoms with Crippen molar-refractivity contribution in [2.75, 3.05) is 26.0 Å². The Hall–Kier alpha value is -2.86. The first-order valence-electron chi connectivity index (χ1n) is 9.25. The van der Waals surface area contributed by atoms with Crippen molar-refractivity contribution in [1.29, 1.82) is 0 Å². The van der Waals surface area contributed by atoms with E-state index in [0.29, 0.717) is 17.8 Å². The van der Waals surface area contributed by atoms with Gasteiger partial charge in [-0.3, -0.25) is 10.1 Å². The summed E-state index contributed by atoms with van der Waals surface area (Å²) in [5.41, 5.74) is 1.53. The van der Waals surface area contributed by atoms with Gasteiger partial charge in [0.1, 0.15) is 5.60 Å². The van der Waals surface area contributed by atoms with Gasteiger partial charge in [0.2, 0.25) is 0 Å². The Morgan fingerprint density at radius 1 is 1.04 bits per heavy atom. The molecule has 0 spiro atoms. The highest BCUT2D eigenvalue weighted by Gasteiger charge is 2.18. The van der Waals surface area contributed by atoms with E-state index < -0.39 is 11.7 Å². The Balaban J connectivity index is 2.01. The van der Waals surface area contributed by atoms with Gasteiger partial charge in [-0.25, -0.2) is 4.79 Å². The quantitative estimate of drug-likeness (QED) is 0.789. The van der Waals surface area contributed by atoms with Gasteiger partial charge in [-0.1, -0.05) is 36.4 Å². The molecular formula is C22H29N3O3. The normalized spacial score (nSPS) is 12.4. The predicted octanol–water partition coefficient (Wildman–Crippen LogP) is 4.07. The fourth-order valence-electron chi connectivity index (χ4n) is 2.72. The number of nitrogens with one attached hydrogen (secondary N) is 2. The van der Waals surface area contributed by atoms with Gasteiger partial charge in [0.15, 0.2) is 0 Å². The Labute approximate surface area is 166 Å². The summed E-state index contributed by atoms with van der Waals surface area (Å²) in [5, 5.41) is 5.63. The third-order valence-corrected chi connectivity index (χ3v) is 4.03. The van der Waals surface area contributed by atoms with E-state index in [2.05, 4.69) is 15.5 Å². The minimum absolute atomic E-state index is 0.0632. The second kappa shape index (κ2) is 9.37. The first-order chi connectivity index (χ1) is 13.2. The van der Waals surface area contributed by atoms with Crippen molar-refractivity contribution < 1.29 is 14.3 Å². The zero-order chi connectivity index (χ0) is 20.7. The Bertz CT molecular complexity index is 798. The molecule has 1 atom stereocenters. The molecule has 0 radical (unpaired) electrons. The fraction of sp³-hybridized carbons (Fsp3) is 0.364. The molecule has 0 heterocycles. The standard InChI is InChI=1S/C22H29N3O3/c1-22(2,3)28-21(27)24-18-13-9-12-17(14-18)20(26)23-15-19(25(4)5)16-10-7-6-8-11-16/h6-14,19H,15H2,1-5H3,(H,23,26)(H,24,27)/t19-/m1/s1. The lowest BCUT2D eigenvalue weighted by Gasteiger charge is -2.25. The van der Waals surface area contributed by atoms with E-state index in [-0.39, 0.29) is 11.9 Å². The molecule has 0 aliphatic rings. The fourth-order valence-corrected chi connectivity index (χ4v) is 2.72. The lowest BCUT2D eigenvalue weighted by molar-refractivity contribution is 0.0635. The summed E-state index contributed by atoms with van der Waals surface area (Å²) in [6.07, 6.45) is -0.554. The lowest BCUT2D eigenvalue weighted by Crippen LogP contribution is -2.34. The van der Waals surface area contributed by atoms with Crippen molar-refractivity contribution in [2.45, 2.75) is 32.4 Å². The third-order valence-electron chi connectivity index (χ3n) is 4.03. The molecule has 2 aromatic rings. The molecule has 0 aliphatic heterocycles. The smallest absolute Gasteiger partial charge is 0.412 e. The number of benzene rings is 2. The first-order valence-corrected chi connectivity index (χ1v) is 9.25. The van der Waals surface area contributed by atoms with Gasteiger partial charge in [-0.05, 0) is 58.6 Å². The maximum Gasteiger partial charge on any atom is 0.412 e. The maximum atomic E-state index is 12.6. The van der Waals surface area contributed by atoms with E-state index in [4.69, 9.17) is 4.74 Å². The van der Waals surface area contributed by atoms with Crippen molar-refractivity contribution >= 4 is 17.7 Å². The molecule has 0 aliphatic carbocycles. The molecule has 0 fully saturated rings.